The van der Waals surface area contributed by atoms with Crippen LogP contribution in [0.25, 0.3) is 0 Å². The van der Waals surface area contributed by atoms with E-state index in [-0.39, 0.29) is 6.04 Å². The maximum atomic E-state index is 3.60. The molecule has 100 valence electrons. The summed E-state index contributed by atoms with van der Waals surface area (Å²) in [6.07, 6.45) is 0. The minimum Gasteiger partial charge on any atom is -0.307 e. The van der Waals surface area contributed by atoms with Gasteiger partial charge in [-0.25, -0.2) is 0 Å². The number of nitrogens with one attached hydrogen (secondary N) is 1. The minimum atomic E-state index is 0.280. The Bertz CT molecular complexity index is 546. The number of rotatable bonds is 4. The van der Waals surface area contributed by atoms with Gasteiger partial charge in [0.05, 0.1) is 6.04 Å². The van der Waals surface area contributed by atoms with Crippen LogP contribution in [0, 0.1) is 17.4 Å². The first-order valence-corrected chi connectivity index (χ1v) is 7.75. The van der Waals surface area contributed by atoms with E-state index in [1.807, 2.05) is 0 Å². The summed E-state index contributed by atoms with van der Waals surface area (Å²) in [6, 6.07) is 15.7. The molecule has 0 amide bonds. The van der Waals surface area contributed by atoms with E-state index in [0.717, 1.165) is 6.54 Å². The van der Waals surface area contributed by atoms with E-state index in [0.29, 0.717) is 0 Å². The quantitative estimate of drug-likeness (QED) is 0.781. The van der Waals surface area contributed by atoms with Crippen molar-refractivity contribution in [3.05, 3.63) is 68.3 Å². The van der Waals surface area contributed by atoms with Gasteiger partial charge < -0.3 is 5.32 Å². The van der Waals surface area contributed by atoms with E-state index in [9.17, 15) is 0 Å². The highest BCUT2D eigenvalue weighted by Crippen LogP contribution is 2.26. The van der Waals surface area contributed by atoms with Gasteiger partial charge in [0, 0.05) is 3.57 Å². The van der Waals surface area contributed by atoms with E-state index >= 15 is 0 Å². The van der Waals surface area contributed by atoms with Crippen LogP contribution in [0.4, 0.5) is 0 Å². The summed E-state index contributed by atoms with van der Waals surface area (Å²) in [5.74, 6) is 0. The second kappa shape index (κ2) is 6.53. The van der Waals surface area contributed by atoms with Crippen LogP contribution in [0.2, 0.25) is 0 Å². The Morgan fingerprint density at radius 3 is 2.37 bits per heavy atom. The van der Waals surface area contributed by atoms with Gasteiger partial charge in [-0.1, -0.05) is 42.8 Å². The summed E-state index contributed by atoms with van der Waals surface area (Å²) in [4.78, 5) is 0. The Balaban J connectivity index is 2.44. The zero-order valence-electron chi connectivity index (χ0n) is 11.7. The van der Waals surface area contributed by atoms with Crippen LogP contribution in [-0.4, -0.2) is 6.54 Å². The molecular weight excluding hydrogens is 345 g/mol. The van der Waals surface area contributed by atoms with Crippen LogP contribution in [0.1, 0.15) is 35.2 Å². The molecule has 0 aromatic heterocycles. The average molecular weight is 365 g/mol. The number of aryl methyl sites for hydroxylation is 2. The van der Waals surface area contributed by atoms with E-state index in [1.54, 1.807) is 0 Å². The van der Waals surface area contributed by atoms with Crippen LogP contribution in [0.3, 0.4) is 0 Å². The molecule has 0 saturated heterocycles. The van der Waals surface area contributed by atoms with Crippen molar-refractivity contribution in [3.63, 3.8) is 0 Å². The fourth-order valence-electron chi connectivity index (χ4n) is 2.34. The molecule has 1 N–H and O–H groups in total. The topological polar surface area (TPSA) is 12.0 Å². The first-order valence-electron chi connectivity index (χ1n) is 6.68. The molecule has 0 bridgehead atoms. The summed E-state index contributed by atoms with van der Waals surface area (Å²) in [6.45, 7) is 7.46. The Labute approximate surface area is 129 Å². The standard InChI is InChI=1S/C17H20IN/c1-4-19-17(14-7-9-15(18)10-8-14)16-11-12(2)5-6-13(16)3/h5-11,17,19H,4H2,1-3H3. The zero-order valence-corrected chi connectivity index (χ0v) is 13.9. The summed E-state index contributed by atoms with van der Waals surface area (Å²) in [5, 5.41) is 3.60. The maximum Gasteiger partial charge on any atom is 0.0579 e. The smallest absolute Gasteiger partial charge is 0.0579 e. The van der Waals surface area contributed by atoms with Gasteiger partial charge >= 0.3 is 0 Å². The number of benzene rings is 2. The lowest BCUT2D eigenvalue weighted by atomic mass is 9.93. The van der Waals surface area contributed by atoms with Gasteiger partial charge in [0.25, 0.3) is 0 Å². The van der Waals surface area contributed by atoms with Crippen molar-refractivity contribution >= 4 is 22.6 Å². The van der Waals surface area contributed by atoms with Crippen LogP contribution in [0.15, 0.2) is 42.5 Å². The van der Waals surface area contributed by atoms with Crippen molar-refractivity contribution in [1.82, 2.24) is 5.32 Å². The Morgan fingerprint density at radius 2 is 1.74 bits per heavy atom. The average Bonchev–Trinajstić information content (AvgIpc) is 2.40. The zero-order chi connectivity index (χ0) is 13.8. The lowest BCUT2D eigenvalue weighted by Crippen LogP contribution is -2.22. The molecule has 0 saturated carbocycles. The lowest BCUT2D eigenvalue weighted by molar-refractivity contribution is 0.627. The third-order valence-electron chi connectivity index (χ3n) is 3.36. The molecule has 2 aromatic carbocycles. The molecule has 0 aliphatic heterocycles. The van der Waals surface area contributed by atoms with Gasteiger partial charge in [-0.2, -0.15) is 0 Å². The molecule has 19 heavy (non-hydrogen) atoms. The minimum absolute atomic E-state index is 0.280. The highest BCUT2D eigenvalue weighted by Gasteiger charge is 2.15. The molecule has 0 radical (unpaired) electrons. The second-order valence-corrected chi connectivity index (χ2v) is 6.15. The van der Waals surface area contributed by atoms with Crippen LogP contribution < -0.4 is 5.32 Å². The van der Waals surface area contributed by atoms with Gasteiger partial charge in [0.1, 0.15) is 0 Å². The summed E-state index contributed by atoms with van der Waals surface area (Å²) in [7, 11) is 0. The molecule has 1 unspecified atom stereocenters. The van der Waals surface area contributed by atoms with Gasteiger partial charge in [-0.15, -0.1) is 0 Å². The molecule has 0 spiro atoms. The highest BCUT2D eigenvalue weighted by atomic mass is 127. The van der Waals surface area contributed by atoms with E-state index < -0.39 is 0 Å². The largest absolute Gasteiger partial charge is 0.307 e. The van der Waals surface area contributed by atoms with E-state index in [4.69, 9.17) is 0 Å². The molecule has 2 rings (SSSR count). The van der Waals surface area contributed by atoms with Crippen molar-refractivity contribution in [3.8, 4) is 0 Å². The Morgan fingerprint density at radius 1 is 1.05 bits per heavy atom. The molecule has 1 nitrogen and oxygen atoms in total. The molecule has 0 aliphatic carbocycles. The molecule has 0 fully saturated rings. The van der Waals surface area contributed by atoms with Crippen LogP contribution in [0.5, 0.6) is 0 Å². The fraction of sp³-hybridized carbons (Fsp3) is 0.294. The summed E-state index contributed by atoms with van der Waals surface area (Å²) < 4.78 is 1.28. The van der Waals surface area contributed by atoms with Gasteiger partial charge in [0.15, 0.2) is 0 Å². The van der Waals surface area contributed by atoms with Gasteiger partial charge in [-0.05, 0) is 71.8 Å². The monoisotopic (exact) mass is 365 g/mol. The molecule has 2 aromatic rings. The summed E-state index contributed by atoms with van der Waals surface area (Å²) >= 11 is 2.35. The number of hydrogen-bond donors (Lipinski definition) is 1. The first-order chi connectivity index (χ1) is 9.11. The third-order valence-corrected chi connectivity index (χ3v) is 4.08. The normalized spacial score (nSPS) is 12.4. The third kappa shape index (κ3) is 3.57. The second-order valence-electron chi connectivity index (χ2n) is 4.90. The van der Waals surface area contributed by atoms with Gasteiger partial charge in [-0.3, -0.25) is 0 Å². The predicted octanol–water partition coefficient (Wildman–Crippen LogP) is 4.61. The molecule has 0 heterocycles. The van der Waals surface area contributed by atoms with Crippen molar-refractivity contribution in [2.45, 2.75) is 26.8 Å². The van der Waals surface area contributed by atoms with Crippen molar-refractivity contribution < 1.29 is 0 Å². The molecule has 1 atom stereocenters. The van der Waals surface area contributed by atoms with Crippen LogP contribution >= 0.6 is 22.6 Å². The Kier molecular flexibility index (Phi) is 4.99. The first kappa shape index (κ1) is 14.5. The predicted molar refractivity (Wildman–Crippen MR) is 90.6 cm³/mol. The lowest BCUT2D eigenvalue weighted by Gasteiger charge is -2.21. The van der Waals surface area contributed by atoms with Gasteiger partial charge in [0.2, 0.25) is 0 Å². The molecular formula is C17H20IN. The fourth-order valence-corrected chi connectivity index (χ4v) is 2.70. The SMILES string of the molecule is CCNC(c1ccc(I)cc1)c1cc(C)ccc1C. The number of halogens is 1. The van der Waals surface area contributed by atoms with E-state index in [1.165, 1.54) is 25.8 Å². The number of hydrogen-bond acceptors (Lipinski definition) is 1. The van der Waals surface area contributed by atoms with Crippen LogP contribution in [-0.2, 0) is 0 Å². The highest BCUT2D eigenvalue weighted by molar-refractivity contribution is 14.1. The molecule has 0 aliphatic rings. The summed E-state index contributed by atoms with van der Waals surface area (Å²) in [5.41, 5.74) is 5.36. The maximum absolute atomic E-state index is 3.60. The Hall–Kier alpha value is -0.870. The van der Waals surface area contributed by atoms with Crippen molar-refractivity contribution in [1.29, 1.82) is 0 Å². The van der Waals surface area contributed by atoms with Crippen molar-refractivity contribution in [2.24, 2.45) is 0 Å². The van der Waals surface area contributed by atoms with Crippen molar-refractivity contribution in [2.75, 3.05) is 6.54 Å². The molecule has 2 heteroatoms. The van der Waals surface area contributed by atoms with E-state index in [2.05, 4.69) is 91.1 Å².